The van der Waals surface area contributed by atoms with Crippen molar-refractivity contribution in [1.82, 2.24) is 30.3 Å². The van der Waals surface area contributed by atoms with E-state index in [-0.39, 0.29) is 0 Å². The average molecular weight is 416 g/mol. The van der Waals surface area contributed by atoms with Gasteiger partial charge in [0.1, 0.15) is 24.5 Å². The molecule has 0 radical (unpaired) electrons. The van der Waals surface area contributed by atoms with Gasteiger partial charge in [-0.3, -0.25) is 9.89 Å². The lowest BCUT2D eigenvalue weighted by Gasteiger charge is -2.25. The molecule has 0 amide bonds. The van der Waals surface area contributed by atoms with Crippen molar-refractivity contribution < 1.29 is 9.47 Å². The standard InChI is InChI=1S/C21H33N7O2/c1-2-20-26-25-18-28(20)12-9-23-21(22-8-11-27-13-16-29-17-14-27)24-10-15-30-19-6-4-3-5-7-19/h3-7,18H,2,8-17H2,1H3,(H2,22,23,24). The van der Waals surface area contributed by atoms with Gasteiger partial charge in [-0.15, -0.1) is 10.2 Å². The van der Waals surface area contributed by atoms with Crippen molar-refractivity contribution >= 4 is 5.96 Å². The van der Waals surface area contributed by atoms with Crippen LogP contribution in [0, 0.1) is 0 Å². The summed E-state index contributed by atoms with van der Waals surface area (Å²) >= 11 is 0. The van der Waals surface area contributed by atoms with Crippen molar-refractivity contribution in [2.24, 2.45) is 4.99 Å². The average Bonchev–Trinajstić information content (AvgIpc) is 3.25. The quantitative estimate of drug-likeness (QED) is 0.319. The van der Waals surface area contributed by atoms with Crippen LogP contribution in [0.2, 0.25) is 0 Å². The molecule has 0 unspecified atom stereocenters. The predicted octanol–water partition coefficient (Wildman–Crippen LogP) is 0.787. The first-order chi connectivity index (χ1) is 14.8. The fraction of sp³-hybridized carbons (Fsp3) is 0.571. The van der Waals surface area contributed by atoms with E-state index in [1.165, 1.54) is 0 Å². The second kappa shape index (κ2) is 12.8. The van der Waals surface area contributed by atoms with Crippen molar-refractivity contribution in [2.45, 2.75) is 19.9 Å². The minimum atomic E-state index is 0.569. The van der Waals surface area contributed by atoms with Gasteiger partial charge in [0, 0.05) is 39.1 Å². The summed E-state index contributed by atoms with van der Waals surface area (Å²) in [6.07, 6.45) is 2.65. The van der Waals surface area contributed by atoms with Crippen molar-refractivity contribution in [3.05, 3.63) is 42.5 Å². The Balaban J connectivity index is 1.44. The number of hydrogen-bond acceptors (Lipinski definition) is 6. The van der Waals surface area contributed by atoms with Gasteiger partial charge in [-0.05, 0) is 12.1 Å². The number of guanidine groups is 1. The lowest BCUT2D eigenvalue weighted by atomic mass is 10.3. The van der Waals surface area contributed by atoms with Gasteiger partial charge in [-0.25, -0.2) is 0 Å². The van der Waals surface area contributed by atoms with E-state index in [4.69, 9.17) is 14.5 Å². The molecular formula is C21H33N7O2. The summed E-state index contributed by atoms with van der Waals surface area (Å²) < 4.78 is 13.2. The fourth-order valence-corrected chi connectivity index (χ4v) is 3.19. The van der Waals surface area contributed by atoms with Crippen LogP contribution in [0.25, 0.3) is 0 Å². The summed E-state index contributed by atoms with van der Waals surface area (Å²) in [7, 11) is 0. The molecule has 0 spiro atoms. The van der Waals surface area contributed by atoms with Crippen LogP contribution >= 0.6 is 0 Å². The van der Waals surface area contributed by atoms with Gasteiger partial charge < -0.3 is 24.7 Å². The molecule has 0 bridgehead atoms. The lowest BCUT2D eigenvalue weighted by Crippen LogP contribution is -2.42. The third kappa shape index (κ3) is 7.64. The molecule has 1 aromatic heterocycles. The number of aryl methyl sites for hydroxylation is 1. The Morgan fingerprint density at radius 1 is 1.13 bits per heavy atom. The summed E-state index contributed by atoms with van der Waals surface area (Å²) in [6, 6.07) is 9.84. The molecule has 0 saturated carbocycles. The minimum Gasteiger partial charge on any atom is -0.492 e. The molecule has 1 aliphatic heterocycles. The molecule has 1 saturated heterocycles. The predicted molar refractivity (Wildman–Crippen MR) is 117 cm³/mol. The molecule has 1 fully saturated rings. The number of rotatable bonds is 11. The Morgan fingerprint density at radius 2 is 1.93 bits per heavy atom. The Labute approximate surface area is 178 Å². The molecule has 2 heterocycles. The summed E-state index contributed by atoms with van der Waals surface area (Å²) in [6.45, 7) is 10.1. The first kappa shape index (κ1) is 22.0. The molecule has 164 valence electrons. The van der Waals surface area contributed by atoms with E-state index in [9.17, 15) is 0 Å². The first-order valence-electron chi connectivity index (χ1n) is 10.7. The SMILES string of the molecule is CCc1nncn1CCNC(=NCCN1CCOCC1)NCCOc1ccccc1. The van der Waals surface area contributed by atoms with E-state index < -0.39 is 0 Å². The molecule has 30 heavy (non-hydrogen) atoms. The van der Waals surface area contributed by atoms with Gasteiger partial charge in [-0.2, -0.15) is 0 Å². The first-order valence-corrected chi connectivity index (χ1v) is 10.7. The van der Waals surface area contributed by atoms with Crippen LogP contribution in [0.4, 0.5) is 0 Å². The van der Waals surface area contributed by atoms with E-state index in [0.29, 0.717) is 13.2 Å². The fourth-order valence-electron chi connectivity index (χ4n) is 3.19. The van der Waals surface area contributed by atoms with Gasteiger partial charge in [0.2, 0.25) is 0 Å². The number of hydrogen-bond donors (Lipinski definition) is 2. The Morgan fingerprint density at radius 3 is 2.73 bits per heavy atom. The summed E-state index contributed by atoms with van der Waals surface area (Å²) in [5.41, 5.74) is 0. The molecule has 2 N–H and O–H groups in total. The van der Waals surface area contributed by atoms with Crippen LogP contribution < -0.4 is 15.4 Å². The van der Waals surface area contributed by atoms with Crippen LogP contribution in [0.3, 0.4) is 0 Å². The largest absolute Gasteiger partial charge is 0.492 e. The van der Waals surface area contributed by atoms with Crippen LogP contribution in [-0.2, 0) is 17.7 Å². The maximum Gasteiger partial charge on any atom is 0.191 e. The van der Waals surface area contributed by atoms with Crippen molar-refractivity contribution in [2.75, 3.05) is 59.1 Å². The van der Waals surface area contributed by atoms with E-state index >= 15 is 0 Å². The number of benzene rings is 1. The van der Waals surface area contributed by atoms with Gasteiger partial charge in [0.15, 0.2) is 5.96 Å². The third-order valence-electron chi connectivity index (χ3n) is 4.85. The van der Waals surface area contributed by atoms with Gasteiger partial charge in [0.05, 0.1) is 26.3 Å². The van der Waals surface area contributed by atoms with Crippen LogP contribution in [0.5, 0.6) is 5.75 Å². The minimum absolute atomic E-state index is 0.569. The maximum absolute atomic E-state index is 5.76. The molecule has 1 aromatic carbocycles. The number of nitrogens with one attached hydrogen (secondary N) is 2. The van der Waals surface area contributed by atoms with E-state index in [1.54, 1.807) is 6.33 Å². The topological polar surface area (TPSA) is 88.8 Å². The summed E-state index contributed by atoms with van der Waals surface area (Å²) in [5, 5.41) is 14.9. The van der Waals surface area contributed by atoms with Crippen LogP contribution in [0.1, 0.15) is 12.7 Å². The summed E-state index contributed by atoms with van der Waals surface area (Å²) in [4.78, 5) is 7.12. The second-order valence-electron chi connectivity index (χ2n) is 6.99. The molecular weight excluding hydrogens is 382 g/mol. The second-order valence-corrected chi connectivity index (χ2v) is 6.99. The van der Waals surface area contributed by atoms with Crippen molar-refractivity contribution in [1.29, 1.82) is 0 Å². The highest BCUT2D eigenvalue weighted by atomic mass is 16.5. The molecule has 9 nitrogen and oxygen atoms in total. The molecule has 0 aliphatic carbocycles. The molecule has 9 heteroatoms. The molecule has 1 aliphatic rings. The van der Waals surface area contributed by atoms with E-state index in [2.05, 4.69) is 37.2 Å². The summed E-state index contributed by atoms with van der Waals surface area (Å²) in [5.74, 6) is 2.66. The number of aliphatic imine (C=N–C) groups is 1. The zero-order valence-corrected chi connectivity index (χ0v) is 17.8. The number of aromatic nitrogens is 3. The van der Waals surface area contributed by atoms with Crippen molar-refractivity contribution in [3.8, 4) is 5.75 Å². The maximum atomic E-state index is 5.76. The molecule has 0 atom stereocenters. The zero-order chi connectivity index (χ0) is 20.9. The molecule has 2 aromatic rings. The van der Waals surface area contributed by atoms with Gasteiger partial charge >= 0.3 is 0 Å². The van der Waals surface area contributed by atoms with Crippen LogP contribution in [0.15, 0.2) is 41.7 Å². The van der Waals surface area contributed by atoms with Crippen molar-refractivity contribution in [3.63, 3.8) is 0 Å². The van der Waals surface area contributed by atoms with E-state index in [0.717, 1.165) is 76.4 Å². The van der Waals surface area contributed by atoms with Gasteiger partial charge in [-0.1, -0.05) is 25.1 Å². The number of para-hydroxylation sites is 1. The highest BCUT2D eigenvalue weighted by Gasteiger charge is 2.09. The van der Waals surface area contributed by atoms with Crippen LogP contribution in [-0.4, -0.2) is 84.7 Å². The number of morpholine rings is 1. The van der Waals surface area contributed by atoms with Gasteiger partial charge in [0.25, 0.3) is 0 Å². The Hall–Kier alpha value is -2.65. The highest BCUT2D eigenvalue weighted by Crippen LogP contribution is 2.07. The monoisotopic (exact) mass is 415 g/mol. The third-order valence-corrected chi connectivity index (χ3v) is 4.85. The number of nitrogens with zero attached hydrogens (tertiary/aromatic N) is 5. The lowest BCUT2D eigenvalue weighted by molar-refractivity contribution is 0.0394. The zero-order valence-electron chi connectivity index (χ0n) is 17.8. The highest BCUT2D eigenvalue weighted by molar-refractivity contribution is 5.79. The normalized spacial score (nSPS) is 15.2. The Bertz CT molecular complexity index is 745. The number of ether oxygens (including phenoxy) is 2. The molecule has 3 rings (SSSR count). The smallest absolute Gasteiger partial charge is 0.191 e. The Kier molecular flexibility index (Phi) is 9.42. The van der Waals surface area contributed by atoms with E-state index in [1.807, 2.05) is 30.3 Å².